The SMILES string of the molecule is FC(F)(F)[PH+](c1ccccc1)c1ccccc1.Fc1c(F)c(F)c(C[B-](Cc2c(F)c(F)c(F)c(F)c2F)(Cc2c(F)c(F)c(F)c(F)c2F)Cc2c(F)c(F)c(F)c(F)c2F)c(F)c1F. The van der Waals surface area contributed by atoms with Crippen LogP contribution in [0, 0.1) is 116 Å². The Balaban J connectivity index is 0.000000400. The van der Waals surface area contributed by atoms with E-state index in [1.54, 1.807) is 60.7 Å². The van der Waals surface area contributed by atoms with Gasteiger partial charge < -0.3 is 0 Å². The van der Waals surface area contributed by atoms with Crippen LogP contribution in [-0.4, -0.2) is 12.1 Å². The van der Waals surface area contributed by atoms with Crippen molar-refractivity contribution in [3.05, 3.63) is 199 Å². The Morgan fingerprint density at radius 3 is 0.606 bits per heavy atom. The molecule has 0 N–H and O–H groups in total. The topological polar surface area (TPSA) is 0 Å². The van der Waals surface area contributed by atoms with E-state index in [2.05, 4.69) is 0 Å². The maximum Gasteiger partial charge on any atom is 0.516 e. The number of alkyl halides is 3. The van der Waals surface area contributed by atoms with Crippen LogP contribution in [0.1, 0.15) is 22.3 Å². The first kappa shape index (κ1) is 51.2. The van der Waals surface area contributed by atoms with Gasteiger partial charge in [-0.05, 0) is 46.5 Å². The van der Waals surface area contributed by atoms with Crippen LogP contribution in [0.25, 0.3) is 0 Å². The summed E-state index contributed by atoms with van der Waals surface area (Å²) in [6.45, 7) is 0. The standard InChI is InChI=1S/C28H8BF20.C13H10F3P/c30-9-5(10(31)18(39)25(46)17(9)38)1-29(2-6-11(32)19(40)26(47)20(41)12(6)33,3-7-13(34)21(42)27(48)22(43)14(7)35)4-8-15(36)23(44)28(49)24(45)16(8)37;14-13(15,16)17(11-7-3-1-4-8-11)12-9-5-2-6-10-12/h1-4H2;1-10H/q-1;/p+1. The lowest BCUT2D eigenvalue weighted by Crippen LogP contribution is -2.49. The molecule has 0 amide bonds. The molecular weight excluding hydrogens is 971 g/mol. The molecule has 0 nitrogen and oxygen atoms in total. The van der Waals surface area contributed by atoms with E-state index < -0.39 is 184 Å². The second-order valence-electron chi connectivity index (χ2n) is 14.3. The Morgan fingerprint density at radius 2 is 0.439 bits per heavy atom. The third-order valence-corrected chi connectivity index (χ3v) is 12.5. The molecule has 352 valence electrons. The maximum absolute atomic E-state index is 14.9. The summed E-state index contributed by atoms with van der Waals surface area (Å²) in [5, 5.41) is 0.743. The first-order chi connectivity index (χ1) is 30.7. The van der Waals surface area contributed by atoms with E-state index in [-0.39, 0.29) is 0 Å². The maximum atomic E-state index is 14.9. The summed E-state index contributed by atoms with van der Waals surface area (Å²) >= 11 is 0. The molecule has 0 heterocycles. The summed E-state index contributed by atoms with van der Waals surface area (Å²) in [5.41, 5.74) is -8.97. The molecule has 0 saturated carbocycles. The monoisotopic (exact) mass is 990 g/mol. The molecule has 6 rings (SSSR count). The minimum absolute atomic E-state index is 0.371. The summed E-state index contributed by atoms with van der Waals surface area (Å²) in [5.74, 6) is -61.9. The molecule has 0 radical (unpaired) electrons. The summed E-state index contributed by atoms with van der Waals surface area (Å²) < 4.78 is 327. The summed E-state index contributed by atoms with van der Waals surface area (Å²) in [7, 11) is -2.72. The highest BCUT2D eigenvalue weighted by atomic mass is 31.1. The van der Waals surface area contributed by atoms with Crippen LogP contribution in [0.5, 0.6) is 0 Å². The van der Waals surface area contributed by atoms with Crippen molar-refractivity contribution in [2.75, 3.05) is 0 Å². The summed E-state index contributed by atoms with van der Waals surface area (Å²) in [6.07, 6.45) is -13.9. The summed E-state index contributed by atoms with van der Waals surface area (Å²) in [4.78, 5) is 0. The van der Waals surface area contributed by atoms with Crippen LogP contribution in [0.3, 0.4) is 0 Å². The molecule has 0 spiro atoms. The lowest BCUT2D eigenvalue weighted by atomic mass is 9.16. The molecule has 6 aromatic carbocycles. The fraction of sp³-hybridized carbons (Fsp3) is 0.122. The van der Waals surface area contributed by atoms with Crippen molar-refractivity contribution >= 4 is 24.7 Å². The van der Waals surface area contributed by atoms with Crippen molar-refractivity contribution in [1.82, 2.24) is 0 Å². The van der Waals surface area contributed by atoms with E-state index in [0.29, 0.717) is 10.6 Å². The number of hydrogen-bond donors (Lipinski definition) is 0. The fourth-order valence-electron chi connectivity index (χ4n) is 7.19. The van der Waals surface area contributed by atoms with Gasteiger partial charge in [-0.3, -0.25) is 0 Å². The molecule has 0 fully saturated rings. The average Bonchev–Trinajstić information content (AvgIpc) is 3.30. The van der Waals surface area contributed by atoms with E-state index in [4.69, 9.17) is 0 Å². The first-order valence-corrected chi connectivity index (χ1v) is 19.5. The van der Waals surface area contributed by atoms with Crippen molar-refractivity contribution in [2.45, 2.75) is 31.2 Å². The number of halogens is 23. The van der Waals surface area contributed by atoms with Crippen molar-refractivity contribution in [3.8, 4) is 0 Å². The van der Waals surface area contributed by atoms with E-state index in [9.17, 15) is 101 Å². The van der Waals surface area contributed by atoms with Crippen molar-refractivity contribution < 1.29 is 101 Å². The molecule has 0 saturated heterocycles. The predicted octanol–water partition coefficient (Wildman–Crippen LogP) is 12.7. The average molecular weight is 990 g/mol. The normalized spacial score (nSPS) is 11.9. The zero-order valence-corrected chi connectivity index (χ0v) is 32.9. The highest BCUT2D eigenvalue weighted by molar-refractivity contribution is 7.73. The van der Waals surface area contributed by atoms with E-state index >= 15 is 0 Å². The Morgan fingerprint density at radius 1 is 0.273 bits per heavy atom. The third-order valence-electron chi connectivity index (χ3n) is 10.2. The third kappa shape index (κ3) is 9.69. The molecule has 0 bridgehead atoms. The second kappa shape index (κ2) is 19.6. The van der Waals surface area contributed by atoms with Crippen molar-refractivity contribution in [3.63, 3.8) is 0 Å². The lowest BCUT2D eigenvalue weighted by molar-refractivity contribution is -0.0379. The molecule has 0 unspecified atom stereocenters. The molecule has 0 aliphatic carbocycles. The molecule has 0 aliphatic heterocycles. The smallest absolute Gasteiger partial charge is 0.203 e. The zero-order chi connectivity index (χ0) is 49.5. The van der Waals surface area contributed by atoms with Gasteiger partial charge in [0.05, 0.1) is 0 Å². The summed E-state index contributed by atoms with van der Waals surface area (Å²) in [6, 6.07) is 16.2. The Labute approximate surface area is 356 Å². The minimum Gasteiger partial charge on any atom is -0.203 e. The van der Waals surface area contributed by atoms with E-state index in [0.717, 1.165) is 0 Å². The van der Waals surface area contributed by atoms with Crippen LogP contribution in [0.2, 0.25) is 0 Å². The van der Waals surface area contributed by atoms with Gasteiger partial charge in [0.25, 0.3) is 0 Å². The van der Waals surface area contributed by atoms with Gasteiger partial charge in [-0.2, -0.15) is 0 Å². The largest absolute Gasteiger partial charge is 0.516 e. The molecule has 25 heteroatoms. The first-order valence-electron chi connectivity index (χ1n) is 18.0. The van der Waals surface area contributed by atoms with Crippen molar-refractivity contribution in [1.29, 1.82) is 0 Å². The lowest BCUT2D eigenvalue weighted by Gasteiger charge is -2.41. The number of rotatable bonds is 10. The van der Waals surface area contributed by atoms with Gasteiger partial charge in [-0.25, -0.2) is 87.8 Å². The fourth-order valence-corrected chi connectivity index (χ4v) is 9.23. The molecule has 6 aromatic rings. The highest BCUT2D eigenvalue weighted by Gasteiger charge is 2.50. The number of benzene rings is 6. The second-order valence-corrected chi connectivity index (χ2v) is 16.8. The van der Waals surface area contributed by atoms with Gasteiger partial charge >= 0.3 is 5.92 Å². The quantitative estimate of drug-likeness (QED) is 0.0422. The van der Waals surface area contributed by atoms with Gasteiger partial charge in [-0.1, -0.05) is 36.4 Å². The highest BCUT2D eigenvalue weighted by Crippen LogP contribution is 2.51. The number of hydrogen-bond acceptors (Lipinski definition) is 0. The van der Waals surface area contributed by atoms with Crippen LogP contribution < -0.4 is 10.6 Å². The van der Waals surface area contributed by atoms with Gasteiger partial charge in [0, 0.05) is 6.15 Å². The van der Waals surface area contributed by atoms with Gasteiger partial charge in [0.15, 0.2) is 101 Å². The predicted molar refractivity (Wildman–Crippen MR) is 192 cm³/mol. The van der Waals surface area contributed by atoms with Crippen molar-refractivity contribution in [2.24, 2.45) is 0 Å². The minimum atomic E-state index is -4.78. The molecule has 0 aliphatic rings. The molecule has 66 heavy (non-hydrogen) atoms. The van der Waals surface area contributed by atoms with E-state index in [1.165, 1.54) is 0 Å². The van der Waals surface area contributed by atoms with Gasteiger partial charge in [0.2, 0.25) is 23.3 Å². The molecule has 0 atom stereocenters. The van der Waals surface area contributed by atoms with Crippen LogP contribution in [0.4, 0.5) is 101 Å². The zero-order valence-electron chi connectivity index (χ0n) is 31.9. The molecule has 0 aromatic heterocycles. The van der Waals surface area contributed by atoms with Gasteiger partial charge in [-0.15, -0.1) is 38.5 Å². The Hall–Kier alpha value is -5.80. The van der Waals surface area contributed by atoms with Crippen LogP contribution in [-0.2, 0) is 25.3 Å². The van der Waals surface area contributed by atoms with E-state index in [1.807, 2.05) is 0 Å². The van der Waals surface area contributed by atoms with Gasteiger partial charge in [0.1, 0.15) is 10.6 Å². The Kier molecular flexibility index (Phi) is 15.2. The van der Waals surface area contributed by atoms with Crippen LogP contribution in [0.15, 0.2) is 60.7 Å². The molecular formula is C41H19BF23P. The Bertz CT molecular complexity index is 2370. The van der Waals surface area contributed by atoms with Crippen LogP contribution >= 0.6 is 7.92 Å².